The highest BCUT2D eigenvalue weighted by Gasteiger charge is 2.24. The Hall–Kier alpha value is -2.18. The van der Waals surface area contributed by atoms with Crippen LogP contribution < -0.4 is 5.32 Å². The number of amides is 1. The van der Waals surface area contributed by atoms with Gasteiger partial charge in [-0.3, -0.25) is 14.6 Å². The minimum absolute atomic E-state index is 0.143. The molecule has 1 rings (SSSR count). The van der Waals surface area contributed by atoms with Crippen LogP contribution >= 0.6 is 0 Å². The predicted molar refractivity (Wildman–Crippen MR) is 62.4 cm³/mol. The lowest BCUT2D eigenvalue weighted by Crippen LogP contribution is -2.44. The second kappa shape index (κ2) is 6.53. The summed E-state index contributed by atoms with van der Waals surface area (Å²) in [6, 6.07) is -1.19. The molecule has 0 aromatic carbocycles. The van der Waals surface area contributed by atoms with E-state index in [-0.39, 0.29) is 19.4 Å². The van der Waals surface area contributed by atoms with Gasteiger partial charge in [0.05, 0.1) is 12.5 Å². The number of hydrogen-bond acceptors (Lipinski definition) is 4. The number of rotatable bonds is 6. The maximum atomic E-state index is 11.7. The SMILES string of the molecule is O=C(O)CCC(NC(=O)C1C=CC=NC1)C(=O)O. The second-order valence-electron chi connectivity index (χ2n) is 3.84. The summed E-state index contributed by atoms with van der Waals surface area (Å²) in [6.45, 7) is 0.271. The molecule has 1 aliphatic rings. The number of carboxylic acids is 2. The molecule has 18 heavy (non-hydrogen) atoms. The first-order chi connectivity index (χ1) is 8.50. The first kappa shape index (κ1) is 13.9. The summed E-state index contributed by atoms with van der Waals surface area (Å²) in [4.78, 5) is 36.9. The van der Waals surface area contributed by atoms with Gasteiger partial charge in [-0.15, -0.1) is 0 Å². The van der Waals surface area contributed by atoms with Crippen LogP contribution in [0.4, 0.5) is 0 Å². The van der Waals surface area contributed by atoms with E-state index in [1.54, 1.807) is 18.4 Å². The van der Waals surface area contributed by atoms with E-state index < -0.39 is 29.8 Å². The summed E-state index contributed by atoms with van der Waals surface area (Å²) in [5.74, 6) is -3.30. The number of allylic oxidation sites excluding steroid dienone is 1. The van der Waals surface area contributed by atoms with Gasteiger partial charge in [0.25, 0.3) is 0 Å². The monoisotopic (exact) mass is 254 g/mol. The summed E-state index contributed by atoms with van der Waals surface area (Å²) < 4.78 is 0. The van der Waals surface area contributed by atoms with Crippen LogP contribution in [-0.2, 0) is 14.4 Å². The predicted octanol–water partition coefficient (Wildman–Crippen LogP) is -0.323. The molecule has 1 amide bonds. The average molecular weight is 254 g/mol. The summed E-state index contributed by atoms with van der Waals surface area (Å²) in [5.41, 5.74) is 0. The van der Waals surface area contributed by atoms with Crippen molar-refractivity contribution in [2.75, 3.05) is 6.54 Å². The largest absolute Gasteiger partial charge is 0.481 e. The lowest BCUT2D eigenvalue weighted by atomic mass is 10.1. The summed E-state index contributed by atoms with van der Waals surface area (Å²) >= 11 is 0. The van der Waals surface area contributed by atoms with Crippen LogP contribution in [0.5, 0.6) is 0 Å². The lowest BCUT2D eigenvalue weighted by Gasteiger charge is -2.17. The fraction of sp³-hybridized carbons (Fsp3) is 0.455. The number of hydrogen-bond donors (Lipinski definition) is 3. The normalized spacial score (nSPS) is 19.2. The molecule has 1 heterocycles. The summed E-state index contributed by atoms with van der Waals surface area (Å²) in [7, 11) is 0. The number of aliphatic carboxylic acids is 2. The van der Waals surface area contributed by atoms with Crippen molar-refractivity contribution < 1.29 is 24.6 Å². The van der Waals surface area contributed by atoms with Gasteiger partial charge < -0.3 is 15.5 Å². The van der Waals surface area contributed by atoms with Crippen molar-refractivity contribution in [2.24, 2.45) is 10.9 Å². The molecule has 0 saturated carbocycles. The Morgan fingerprint density at radius 3 is 2.61 bits per heavy atom. The van der Waals surface area contributed by atoms with Gasteiger partial charge in [0.15, 0.2) is 0 Å². The van der Waals surface area contributed by atoms with Gasteiger partial charge in [0.1, 0.15) is 6.04 Å². The van der Waals surface area contributed by atoms with Crippen molar-refractivity contribution in [3.05, 3.63) is 12.2 Å². The molecule has 0 spiro atoms. The van der Waals surface area contributed by atoms with E-state index in [1.807, 2.05) is 0 Å². The van der Waals surface area contributed by atoms with E-state index >= 15 is 0 Å². The highest BCUT2D eigenvalue weighted by atomic mass is 16.4. The zero-order valence-corrected chi connectivity index (χ0v) is 9.57. The highest BCUT2D eigenvalue weighted by molar-refractivity contribution is 5.88. The molecule has 7 nitrogen and oxygen atoms in total. The Morgan fingerprint density at radius 1 is 1.39 bits per heavy atom. The number of carbonyl (C=O) groups excluding carboxylic acids is 1. The minimum Gasteiger partial charge on any atom is -0.481 e. The molecule has 7 heteroatoms. The van der Waals surface area contributed by atoms with Crippen molar-refractivity contribution >= 4 is 24.1 Å². The van der Waals surface area contributed by atoms with Gasteiger partial charge >= 0.3 is 11.9 Å². The van der Waals surface area contributed by atoms with E-state index in [9.17, 15) is 14.4 Å². The van der Waals surface area contributed by atoms with Crippen molar-refractivity contribution in [3.63, 3.8) is 0 Å². The van der Waals surface area contributed by atoms with E-state index in [0.717, 1.165) is 0 Å². The maximum Gasteiger partial charge on any atom is 0.326 e. The van der Waals surface area contributed by atoms with Crippen molar-refractivity contribution in [2.45, 2.75) is 18.9 Å². The second-order valence-corrected chi connectivity index (χ2v) is 3.84. The third-order valence-electron chi connectivity index (χ3n) is 2.44. The van der Waals surface area contributed by atoms with Crippen molar-refractivity contribution in [3.8, 4) is 0 Å². The molecule has 1 aliphatic heterocycles. The fourth-order valence-corrected chi connectivity index (χ4v) is 1.45. The van der Waals surface area contributed by atoms with Gasteiger partial charge in [0, 0.05) is 12.6 Å². The molecule has 0 fully saturated rings. The lowest BCUT2D eigenvalue weighted by molar-refractivity contribution is -0.143. The van der Waals surface area contributed by atoms with Crippen molar-refractivity contribution in [1.82, 2.24) is 5.32 Å². The third kappa shape index (κ3) is 4.36. The Balaban J connectivity index is 2.52. The van der Waals surface area contributed by atoms with Crippen LogP contribution in [0.15, 0.2) is 17.1 Å². The first-order valence-electron chi connectivity index (χ1n) is 5.42. The van der Waals surface area contributed by atoms with Crippen LogP contribution in [0.2, 0.25) is 0 Å². The number of carbonyl (C=O) groups is 3. The van der Waals surface area contributed by atoms with Crippen LogP contribution in [0.1, 0.15) is 12.8 Å². The molecule has 0 radical (unpaired) electrons. The number of dihydropyridines is 1. The zero-order valence-electron chi connectivity index (χ0n) is 9.57. The number of carboxylic acid groups (broad SMARTS) is 2. The molecule has 2 unspecified atom stereocenters. The van der Waals surface area contributed by atoms with E-state index in [2.05, 4.69) is 10.3 Å². The smallest absolute Gasteiger partial charge is 0.326 e. The molecule has 2 atom stereocenters. The molecular weight excluding hydrogens is 240 g/mol. The molecule has 98 valence electrons. The molecular formula is C11H14N2O5. The van der Waals surface area contributed by atoms with E-state index in [0.29, 0.717) is 0 Å². The van der Waals surface area contributed by atoms with Gasteiger partial charge in [-0.2, -0.15) is 0 Å². The highest BCUT2D eigenvalue weighted by Crippen LogP contribution is 2.06. The molecule has 0 aliphatic carbocycles. The first-order valence-corrected chi connectivity index (χ1v) is 5.42. The standard InChI is InChI=1S/C11H14N2O5/c14-9(15)4-3-8(11(17)18)13-10(16)7-2-1-5-12-6-7/h1-2,5,7-8H,3-4,6H2,(H,13,16)(H,14,15)(H,17,18). The number of nitrogens with one attached hydrogen (secondary N) is 1. The molecule has 3 N–H and O–H groups in total. The zero-order chi connectivity index (χ0) is 13.5. The van der Waals surface area contributed by atoms with Crippen molar-refractivity contribution in [1.29, 1.82) is 0 Å². The van der Waals surface area contributed by atoms with Crippen LogP contribution in [0.25, 0.3) is 0 Å². The van der Waals surface area contributed by atoms with Gasteiger partial charge in [-0.25, -0.2) is 4.79 Å². The van der Waals surface area contributed by atoms with E-state index in [1.165, 1.54) is 0 Å². The molecule has 0 bridgehead atoms. The summed E-state index contributed by atoms with van der Waals surface area (Å²) in [5, 5.41) is 19.7. The van der Waals surface area contributed by atoms with Gasteiger partial charge in [0.2, 0.25) is 5.91 Å². The fourth-order valence-electron chi connectivity index (χ4n) is 1.45. The van der Waals surface area contributed by atoms with Gasteiger partial charge in [-0.05, 0) is 12.5 Å². The van der Waals surface area contributed by atoms with Crippen LogP contribution in [-0.4, -0.2) is 46.9 Å². The maximum absolute atomic E-state index is 11.7. The van der Waals surface area contributed by atoms with Crippen LogP contribution in [0.3, 0.4) is 0 Å². The van der Waals surface area contributed by atoms with Crippen LogP contribution in [0, 0.1) is 5.92 Å². The Kier molecular flexibility index (Phi) is 5.04. The Bertz CT molecular complexity index is 402. The Morgan fingerprint density at radius 2 is 2.11 bits per heavy atom. The third-order valence-corrected chi connectivity index (χ3v) is 2.44. The average Bonchev–Trinajstić information content (AvgIpc) is 2.34. The minimum atomic E-state index is -1.24. The Labute approximate surface area is 103 Å². The number of aliphatic imine (C=N–C) groups is 1. The molecule has 0 aromatic rings. The summed E-state index contributed by atoms with van der Waals surface area (Å²) in [6.07, 6.45) is 4.34. The molecule has 0 saturated heterocycles. The van der Waals surface area contributed by atoms with Gasteiger partial charge in [-0.1, -0.05) is 6.08 Å². The number of nitrogens with zero attached hydrogens (tertiary/aromatic N) is 1. The molecule has 0 aromatic heterocycles. The quantitative estimate of drug-likeness (QED) is 0.600. The topological polar surface area (TPSA) is 116 Å². The van der Waals surface area contributed by atoms with E-state index in [4.69, 9.17) is 10.2 Å².